The SMILES string of the molecule is COc1ccc(/C=N/Nc2ncc(Cl)cc2Cl)cc1. The lowest BCUT2D eigenvalue weighted by molar-refractivity contribution is 0.415. The molecule has 98 valence electrons. The van der Waals surface area contributed by atoms with Crippen LogP contribution in [0.1, 0.15) is 5.56 Å². The zero-order chi connectivity index (χ0) is 13.7. The van der Waals surface area contributed by atoms with Crippen molar-refractivity contribution in [2.75, 3.05) is 12.5 Å². The van der Waals surface area contributed by atoms with Crippen LogP contribution in [-0.2, 0) is 0 Å². The van der Waals surface area contributed by atoms with E-state index in [9.17, 15) is 0 Å². The summed E-state index contributed by atoms with van der Waals surface area (Å²) in [5.41, 5.74) is 3.68. The highest BCUT2D eigenvalue weighted by molar-refractivity contribution is 6.35. The van der Waals surface area contributed by atoms with E-state index in [4.69, 9.17) is 27.9 Å². The molecular formula is C13H11Cl2N3O. The number of pyridine rings is 1. The minimum Gasteiger partial charge on any atom is -0.497 e. The van der Waals surface area contributed by atoms with Crippen LogP contribution in [0.4, 0.5) is 5.82 Å². The average Bonchev–Trinajstić information content (AvgIpc) is 2.42. The number of halogens is 2. The zero-order valence-corrected chi connectivity index (χ0v) is 11.6. The number of methoxy groups -OCH3 is 1. The summed E-state index contributed by atoms with van der Waals surface area (Å²) in [6, 6.07) is 9.09. The van der Waals surface area contributed by atoms with Gasteiger partial charge in [-0.05, 0) is 35.9 Å². The third-order valence-corrected chi connectivity index (χ3v) is 2.80. The molecule has 0 unspecified atom stereocenters. The van der Waals surface area contributed by atoms with E-state index in [1.807, 2.05) is 24.3 Å². The fraction of sp³-hybridized carbons (Fsp3) is 0.0769. The van der Waals surface area contributed by atoms with Crippen molar-refractivity contribution in [2.45, 2.75) is 0 Å². The standard InChI is InChI=1S/C13H11Cl2N3O/c1-19-11-4-2-9(3-5-11)7-17-18-13-12(15)6-10(14)8-16-13/h2-8H,1H3,(H,16,18)/b17-7+. The lowest BCUT2D eigenvalue weighted by Crippen LogP contribution is -1.94. The molecule has 1 aromatic heterocycles. The van der Waals surface area contributed by atoms with E-state index in [-0.39, 0.29) is 0 Å². The highest BCUT2D eigenvalue weighted by atomic mass is 35.5. The number of ether oxygens (including phenoxy) is 1. The molecule has 1 heterocycles. The van der Waals surface area contributed by atoms with Crippen molar-refractivity contribution in [3.8, 4) is 5.75 Å². The lowest BCUT2D eigenvalue weighted by atomic mass is 10.2. The largest absolute Gasteiger partial charge is 0.497 e. The first-order valence-electron chi connectivity index (χ1n) is 5.43. The third-order valence-electron chi connectivity index (χ3n) is 2.31. The van der Waals surface area contributed by atoms with Crippen molar-refractivity contribution in [2.24, 2.45) is 5.10 Å². The van der Waals surface area contributed by atoms with E-state index in [2.05, 4.69) is 15.5 Å². The number of benzene rings is 1. The molecule has 2 rings (SSSR count). The predicted octanol–water partition coefficient (Wildman–Crippen LogP) is 3.84. The summed E-state index contributed by atoms with van der Waals surface area (Å²) in [6.45, 7) is 0. The van der Waals surface area contributed by atoms with Gasteiger partial charge >= 0.3 is 0 Å². The Bertz CT molecular complexity index is 585. The van der Waals surface area contributed by atoms with Crippen LogP contribution in [0.15, 0.2) is 41.6 Å². The second-order valence-corrected chi connectivity index (χ2v) is 4.47. The minimum atomic E-state index is 0.416. The maximum atomic E-state index is 5.95. The number of aromatic nitrogens is 1. The van der Waals surface area contributed by atoms with E-state index in [1.165, 1.54) is 6.20 Å². The van der Waals surface area contributed by atoms with Gasteiger partial charge < -0.3 is 4.74 Å². The summed E-state index contributed by atoms with van der Waals surface area (Å²) in [5, 5.41) is 4.95. The second-order valence-electron chi connectivity index (χ2n) is 3.63. The molecule has 1 N–H and O–H groups in total. The summed E-state index contributed by atoms with van der Waals surface area (Å²) < 4.78 is 5.07. The highest BCUT2D eigenvalue weighted by Gasteiger charge is 2.00. The van der Waals surface area contributed by atoms with Crippen molar-refractivity contribution in [1.29, 1.82) is 0 Å². The Balaban J connectivity index is 2.02. The number of hydrazone groups is 1. The minimum absolute atomic E-state index is 0.416. The third kappa shape index (κ3) is 3.84. The van der Waals surface area contributed by atoms with E-state index >= 15 is 0 Å². The number of hydrogen-bond acceptors (Lipinski definition) is 4. The Morgan fingerprint density at radius 3 is 2.63 bits per heavy atom. The lowest BCUT2D eigenvalue weighted by Gasteiger charge is -2.02. The summed E-state index contributed by atoms with van der Waals surface area (Å²) >= 11 is 11.7. The number of nitrogens with one attached hydrogen (secondary N) is 1. The molecule has 0 bridgehead atoms. The molecule has 0 saturated carbocycles. The van der Waals surface area contributed by atoms with Crippen LogP contribution in [0.3, 0.4) is 0 Å². The Morgan fingerprint density at radius 1 is 1.26 bits per heavy atom. The van der Waals surface area contributed by atoms with Crippen LogP contribution in [-0.4, -0.2) is 18.3 Å². The van der Waals surface area contributed by atoms with Gasteiger partial charge in [-0.3, -0.25) is 5.43 Å². The molecular weight excluding hydrogens is 285 g/mol. The molecule has 0 aliphatic carbocycles. The molecule has 0 amide bonds. The van der Waals surface area contributed by atoms with Gasteiger partial charge in [-0.2, -0.15) is 5.10 Å². The molecule has 0 atom stereocenters. The van der Waals surface area contributed by atoms with Gasteiger partial charge in [0.05, 0.1) is 23.4 Å². The van der Waals surface area contributed by atoms with Crippen molar-refractivity contribution in [3.05, 3.63) is 52.1 Å². The average molecular weight is 296 g/mol. The second kappa shape index (κ2) is 6.41. The Kier molecular flexibility index (Phi) is 4.60. The first-order chi connectivity index (χ1) is 9.19. The van der Waals surface area contributed by atoms with Gasteiger partial charge in [0.1, 0.15) is 5.75 Å². The number of nitrogens with zero attached hydrogens (tertiary/aromatic N) is 2. The van der Waals surface area contributed by atoms with E-state index < -0.39 is 0 Å². The fourth-order valence-electron chi connectivity index (χ4n) is 1.35. The zero-order valence-electron chi connectivity index (χ0n) is 10.1. The van der Waals surface area contributed by atoms with Gasteiger partial charge in [0.25, 0.3) is 0 Å². The maximum Gasteiger partial charge on any atom is 0.165 e. The van der Waals surface area contributed by atoms with Gasteiger partial charge in [0.2, 0.25) is 0 Å². The molecule has 0 radical (unpaired) electrons. The van der Waals surface area contributed by atoms with E-state index in [1.54, 1.807) is 19.4 Å². The summed E-state index contributed by atoms with van der Waals surface area (Å²) in [7, 11) is 1.62. The van der Waals surface area contributed by atoms with Crippen LogP contribution >= 0.6 is 23.2 Å². The van der Waals surface area contributed by atoms with Crippen LogP contribution in [0, 0.1) is 0 Å². The van der Waals surface area contributed by atoms with Crippen LogP contribution < -0.4 is 10.2 Å². The summed E-state index contributed by atoms with van der Waals surface area (Å²) in [6.07, 6.45) is 3.16. The van der Waals surface area contributed by atoms with Crippen molar-refractivity contribution in [1.82, 2.24) is 4.98 Å². The van der Waals surface area contributed by atoms with Gasteiger partial charge in [-0.15, -0.1) is 0 Å². The summed E-state index contributed by atoms with van der Waals surface area (Å²) in [4.78, 5) is 4.03. The molecule has 4 nitrogen and oxygen atoms in total. The molecule has 6 heteroatoms. The number of rotatable bonds is 4. The van der Waals surface area contributed by atoms with Gasteiger partial charge in [0.15, 0.2) is 5.82 Å². The topological polar surface area (TPSA) is 46.5 Å². The normalized spacial score (nSPS) is 10.7. The molecule has 0 saturated heterocycles. The number of hydrogen-bond donors (Lipinski definition) is 1. The van der Waals surface area contributed by atoms with Crippen molar-refractivity contribution < 1.29 is 4.74 Å². The predicted molar refractivity (Wildman–Crippen MR) is 78.5 cm³/mol. The molecule has 0 aliphatic heterocycles. The first-order valence-corrected chi connectivity index (χ1v) is 6.19. The molecule has 0 fully saturated rings. The van der Waals surface area contributed by atoms with E-state index in [0.29, 0.717) is 15.9 Å². The highest BCUT2D eigenvalue weighted by Crippen LogP contribution is 2.22. The Labute approximate surface area is 121 Å². The van der Waals surface area contributed by atoms with E-state index in [0.717, 1.165) is 11.3 Å². The van der Waals surface area contributed by atoms with Crippen LogP contribution in [0.5, 0.6) is 5.75 Å². The molecule has 0 aliphatic rings. The van der Waals surface area contributed by atoms with Gasteiger partial charge in [0, 0.05) is 6.20 Å². The smallest absolute Gasteiger partial charge is 0.165 e. The van der Waals surface area contributed by atoms with Gasteiger partial charge in [-0.25, -0.2) is 4.98 Å². The van der Waals surface area contributed by atoms with Crippen LogP contribution in [0.2, 0.25) is 10.0 Å². The van der Waals surface area contributed by atoms with Crippen molar-refractivity contribution >= 4 is 35.2 Å². The monoisotopic (exact) mass is 295 g/mol. The quantitative estimate of drug-likeness (QED) is 0.688. The fourth-order valence-corrected chi connectivity index (χ4v) is 1.78. The summed E-state index contributed by atoms with van der Waals surface area (Å²) in [5.74, 6) is 1.25. The Hall–Kier alpha value is -1.78. The molecule has 2 aromatic rings. The maximum absolute atomic E-state index is 5.95. The van der Waals surface area contributed by atoms with Crippen LogP contribution in [0.25, 0.3) is 0 Å². The molecule has 19 heavy (non-hydrogen) atoms. The Morgan fingerprint density at radius 2 is 2.00 bits per heavy atom. The molecule has 0 spiro atoms. The van der Waals surface area contributed by atoms with Crippen molar-refractivity contribution in [3.63, 3.8) is 0 Å². The first kappa shape index (κ1) is 13.6. The molecule has 1 aromatic carbocycles. The number of anilines is 1. The van der Waals surface area contributed by atoms with Gasteiger partial charge in [-0.1, -0.05) is 23.2 Å².